The number of allylic oxidation sites excluding steroid dienone is 1. The van der Waals surface area contributed by atoms with Crippen molar-refractivity contribution in [2.45, 2.75) is 46.1 Å². The number of likely N-dealkylation sites (tertiary alicyclic amines) is 1. The van der Waals surface area contributed by atoms with Crippen LogP contribution in [0, 0.1) is 5.92 Å². The Balaban J connectivity index is 2.60. The van der Waals surface area contributed by atoms with Crippen molar-refractivity contribution in [3.05, 3.63) is 11.6 Å². The predicted octanol–water partition coefficient (Wildman–Crippen LogP) is 1.93. The third-order valence-corrected chi connectivity index (χ3v) is 3.34. The Labute approximate surface area is 98.7 Å². The number of hydrogen-bond donors (Lipinski definition) is 1. The van der Waals surface area contributed by atoms with Crippen molar-refractivity contribution < 1.29 is 4.79 Å². The van der Waals surface area contributed by atoms with Crippen LogP contribution in [0.4, 0.5) is 0 Å². The lowest BCUT2D eigenvalue weighted by Crippen LogP contribution is -2.45. The summed E-state index contributed by atoms with van der Waals surface area (Å²) in [6.07, 6.45) is 5.15. The topological polar surface area (TPSA) is 46.3 Å². The zero-order valence-electron chi connectivity index (χ0n) is 10.7. The number of nitrogens with two attached hydrogens (primary N) is 1. The van der Waals surface area contributed by atoms with E-state index in [9.17, 15) is 4.79 Å². The van der Waals surface area contributed by atoms with Crippen LogP contribution in [0.2, 0.25) is 0 Å². The number of piperidine rings is 1. The smallest absolute Gasteiger partial charge is 0.249 e. The number of rotatable bonds is 3. The van der Waals surface area contributed by atoms with Crippen molar-refractivity contribution in [2.75, 3.05) is 13.1 Å². The molecule has 1 aliphatic rings. The summed E-state index contributed by atoms with van der Waals surface area (Å²) in [6, 6.07) is 0.186. The first-order valence-corrected chi connectivity index (χ1v) is 6.27. The number of carbonyl (C=O) groups excluding carboxylic acids is 1. The van der Waals surface area contributed by atoms with Gasteiger partial charge in [-0.25, -0.2) is 0 Å². The molecule has 0 spiro atoms. The highest BCUT2D eigenvalue weighted by atomic mass is 16.2. The monoisotopic (exact) mass is 224 g/mol. The summed E-state index contributed by atoms with van der Waals surface area (Å²) in [5, 5.41) is 0. The molecule has 16 heavy (non-hydrogen) atoms. The molecule has 0 aromatic rings. The van der Waals surface area contributed by atoms with Gasteiger partial charge in [-0.1, -0.05) is 13.0 Å². The summed E-state index contributed by atoms with van der Waals surface area (Å²) >= 11 is 0. The Bertz CT molecular complexity index is 271. The van der Waals surface area contributed by atoms with Gasteiger partial charge < -0.3 is 10.6 Å². The highest BCUT2D eigenvalue weighted by molar-refractivity contribution is 5.92. The van der Waals surface area contributed by atoms with Gasteiger partial charge in [0.2, 0.25) is 5.91 Å². The van der Waals surface area contributed by atoms with Crippen molar-refractivity contribution in [2.24, 2.45) is 11.7 Å². The van der Waals surface area contributed by atoms with Crippen molar-refractivity contribution in [3.8, 4) is 0 Å². The molecule has 0 aromatic carbocycles. The Kier molecular flexibility index (Phi) is 5.00. The van der Waals surface area contributed by atoms with Gasteiger partial charge in [-0.2, -0.15) is 0 Å². The standard InChI is InChI=1S/C13H24N2O/c1-4-6-10(2)13(16)15-8-5-7-12(9-15)11(3)14/h6,11-12H,4-5,7-9,14H2,1-3H3/b10-6+/t11-,12+/m0/s1. The van der Waals surface area contributed by atoms with Crippen molar-refractivity contribution in [1.29, 1.82) is 0 Å². The molecule has 1 amide bonds. The Hall–Kier alpha value is -0.830. The molecule has 0 aromatic heterocycles. The van der Waals surface area contributed by atoms with Gasteiger partial charge in [0, 0.05) is 24.7 Å². The van der Waals surface area contributed by atoms with Crippen molar-refractivity contribution in [1.82, 2.24) is 4.90 Å². The van der Waals surface area contributed by atoms with E-state index in [4.69, 9.17) is 5.73 Å². The van der Waals surface area contributed by atoms with Gasteiger partial charge in [0.25, 0.3) is 0 Å². The first-order valence-electron chi connectivity index (χ1n) is 6.27. The average molecular weight is 224 g/mol. The minimum absolute atomic E-state index is 0.186. The van der Waals surface area contributed by atoms with Gasteiger partial charge in [-0.05, 0) is 39.0 Å². The second kappa shape index (κ2) is 6.04. The van der Waals surface area contributed by atoms with Gasteiger partial charge in [0.05, 0.1) is 0 Å². The van der Waals surface area contributed by atoms with E-state index in [2.05, 4.69) is 6.92 Å². The SMILES string of the molecule is CC/C=C(\C)C(=O)N1CCC[C@@H]([C@H](C)N)C1. The molecule has 3 heteroatoms. The van der Waals surface area contributed by atoms with Crippen LogP contribution in [0.1, 0.15) is 40.0 Å². The lowest BCUT2D eigenvalue weighted by molar-refractivity contribution is -0.129. The van der Waals surface area contributed by atoms with Gasteiger partial charge >= 0.3 is 0 Å². The van der Waals surface area contributed by atoms with Gasteiger partial charge in [-0.3, -0.25) is 4.79 Å². The number of hydrogen-bond acceptors (Lipinski definition) is 2. The third kappa shape index (κ3) is 3.34. The van der Waals surface area contributed by atoms with Crippen LogP contribution in [0.15, 0.2) is 11.6 Å². The first-order chi connectivity index (χ1) is 7.56. The Morgan fingerprint density at radius 1 is 1.62 bits per heavy atom. The fraction of sp³-hybridized carbons (Fsp3) is 0.769. The van der Waals surface area contributed by atoms with Gasteiger partial charge in [-0.15, -0.1) is 0 Å². The molecule has 1 aliphatic heterocycles. The predicted molar refractivity (Wildman–Crippen MR) is 67.0 cm³/mol. The molecule has 1 saturated heterocycles. The van der Waals surface area contributed by atoms with E-state index in [1.165, 1.54) is 0 Å². The third-order valence-electron chi connectivity index (χ3n) is 3.34. The lowest BCUT2D eigenvalue weighted by Gasteiger charge is -2.34. The molecule has 1 rings (SSSR count). The Morgan fingerprint density at radius 3 is 2.88 bits per heavy atom. The van der Waals surface area contributed by atoms with Crippen LogP contribution in [-0.4, -0.2) is 29.9 Å². The van der Waals surface area contributed by atoms with Gasteiger partial charge in [0.15, 0.2) is 0 Å². The lowest BCUT2D eigenvalue weighted by atomic mass is 9.92. The quantitative estimate of drug-likeness (QED) is 0.745. The van der Waals surface area contributed by atoms with Crippen LogP contribution in [0.25, 0.3) is 0 Å². The maximum atomic E-state index is 12.1. The molecule has 0 bridgehead atoms. The maximum Gasteiger partial charge on any atom is 0.249 e. The molecule has 2 atom stereocenters. The molecule has 0 radical (unpaired) electrons. The van der Waals surface area contributed by atoms with Crippen LogP contribution >= 0.6 is 0 Å². The van der Waals surface area contributed by atoms with Gasteiger partial charge in [0.1, 0.15) is 0 Å². The fourth-order valence-corrected chi connectivity index (χ4v) is 2.27. The van der Waals surface area contributed by atoms with Crippen molar-refractivity contribution >= 4 is 5.91 Å². The highest BCUT2D eigenvalue weighted by Crippen LogP contribution is 2.20. The summed E-state index contributed by atoms with van der Waals surface area (Å²) in [5.74, 6) is 0.652. The molecule has 92 valence electrons. The maximum absolute atomic E-state index is 12.1. The minimum atomic E-state index is 0.186. The summed E-state index contributed by atoms with van der Waals surface area (Å²) in [7, 11) is 0. The molecular formula is C13H24N2O. The summed E-state index contributed by atoms with van der Waals surface area (Å²) in [4.78, 5) is 14.0. The van der Waals surface area contributed by atoms with E-state index in [-0.39, 0.29) is 11.9 Å². The molecule has 1 heterocycles. The zero-order valence-corrected chi connectivity index (χ0v) is 10.7. The molecule has 0 aliphatic carbocycles. The van der Waals surface area contributed by atoms with E-state index >= 15 is 0 Å². The summed E-state index contributed by atoms with van der Waals surface area (Å²) in [5.41, 5.74) is 6.78. The highest BCUT2D eigenvalue weighted by Gasteiger charge is 2.25. The van der Waals surface area contributed by atoms with E-state index in [1.807, 2.05) is 24.8 Å². The molecule has 0 unspecified atom stereocenters. The van der Waals surface area contributed by atoms with Crippen LogP contribution in [-0.2, 0) is 4.79 Å². The largest absolute Gasteiger partial charge is 0.339 e. The van der Waals surface area contributed by atoms with Crippen LogP contribution < -0.4 is 5.73 Å². The van der Waals surface area contributed by atoms with Crippen LogP contribution in [0.3, 0.4) is 0 Å². The zero-order chi connectivity index (χ0) is 12.1. The number of nitrogens with zero attached hydrogens (tertiary/aromatic N) is 1. The molecule has 3 nitrogen and oxygen atoms in total. The minimum Gasteiger partial charge on any atom is -0.339 e. The van der Waals surface area contributed by atoms with E-state index < -0.39 is 0 Å². The van der Waals surface area contributed by atoms with Crippen molar-refractivity contribution in [3.63, 3.8) is 0 Å². The average Bonchev–Trinajstić information content (AvgIpc) is 2.28. The fourth-order valence-electron chi connectivity index (χ4n) is 2.27. The number of amides is 1. The summed E-state index contributed by atoms with van der Waals surface area (Å²) in [6.45, 7) is 7.70. The molecule has 1 fully saturated rings. The second-order valence-electron chi connectivity index (χ2n) is 4.81. The number of carbonyl (C=O) groups is 1. The molecule has 2 N–H and O–H groups in total. The Morgan fingerprint density at radius 2 is 2.31 bits per heavy atom. The van der Waals surface area contributed by atoms with Crippen LogP contribution in [0.5, 0.6) is 0 Å². The van der Waals surface area contributed by atoms with E-state index in [0.717, 1.165) is 37.9 Å². The summed E-state index contributed by atoms with van der Waals surface area (Å²) < 4.78 is 0. The normalized spacial score (nSPS) is 24.4. The first kappa shape index (κ1) is 13.2. The second-order valence-corrected chi connectivity index (χ2v) is 4.81. The van der Waals surface area contributed by atoms with E-state index in [1.54, 1.807) is 0 Å². The van der Waals surface area contributed by atoms with E-state index in [0.29, 0.717) is 5.92 Å². The molecule has 0 saturated carbocycles. The molecular weight excluding hydrogens is 200 g/mol.